The molecule has 2 aromatic carbocycles. The Morgan fingerprint density at radius 2 is 1.93 bits per heavy atom. The molecule has 0 aliphatic heterocycles. The zero-order valence-corrected chi connectivity index (χ0v) is 8.36. The summed E-state index contributed by atoms with van der Waals surface area (Å²) in [7, 11) is 0. The Labute approximate surface area is 90.9 Å². The van der Waals surface area contributed by atoms with E-state index in [2.05, 4.69) is 4.74 Å². The van der Waals surface area contributed by atoms with Gasteiger partial charge in [-0.15, -0.1) is 0 Å². The molecule has 76 valence electrons. The predicted octanol–water partition coefficient (Wildman–Crippen LogP) is 3.28. The highest BCUT2D eigenvalue weighted by molar-refractivity contribution is 6.61. The second-order valence-electron chi connectivity index (χ2n) is 2.97. The first-order chi connectivity index (χ1) is 7.18. The number of carbonyl (C=O) groups is 1. The van der Waals surface area contributed by atoms with Gasteiger partial charge in [0.2, 0.25) is 0 Å². The summed E-state index contributed by atoms with van der Waals surface area (Å²) in [6.45, 7) is 0. The van der Waals surface area contributed by atoms with Crippen LogP contribution < -0.4 is 4.74 Å². The van der Waals surface area contributed by atoms with E-state index in [4.69, 9.17) is 11.6 Å². The summed E-state index contributed by atoms with van der Waals surface area (Å²) < 4.78 is 4.63. The average Bonchev–Trinajstić information content (AvgIpc) is 2.22. The van der Waals surface area contributed by atoms with Crippen LogP contribution >= 0.6 is 11.6 Å². The average molecular weight is 223 g/mol. The van der Waals surface area contributed by atoms with Crippen LogP contribution in [0.25, 0.3) is 10.8 Å². The van der Waals surface area contributed by atoms with Crippen LogP contribution in [0.4, 0.5) is 4.79 Å². The summed E-state index contributed by atoms with van der Waals surface area (Å²) >= 11 is 5.06. The fourth-order valence-electron chi connectivity index (χ4n) is 1.40. The lowest BCUT2D eigenvalue weighted by Gasteiger charge is -2.05. The molecule has 0 fully saturated rings. The topological polar surface area (TPSA) is 46.5 Å². The molecule has 0 bridgehead atoms. The summed E-state index contributed by atoms with van der Waals surface area (Å²) in [5.74, 6) is -0.0178. The molecule has 4 heteroatoms. The molecule has 2 aromatic rings. The van der Waals surface area contributed by atoms with Crippen LogP contribution in [0.2, 0.25) is 0 Å². The SMILES string of the molecule is O=C(Cl)Oc1ccc2ccccc2c1O. The van der Waals surface area contributed by atoms with Gasteiger partial charge >= 0.3 is 5.43 Å². The van der Waals surface area contributed by atoms with E-state index in [0.717, 1.165) is 5.39 Å². The van der Waals surface area contributed by atoms with Crippen LogP contribution in [0.1, 0.15) is 0 Å². The number of aromatic hydroxyl groups is 1. The van der Waals surface area contributed by atoms with Gasteiger partial charge in [-0.2, -0.15) is 0 Å². The highest BCUT2D eigenvalue weighted by Crippen LogP contribution is 2.34. The van der Waals surface area contributed by atoms with Crippen LogP contribution in [0.5, 0.6) is 11.5 Å². The number of ether oxygens (including phenoxy) is 1. The number of hydrogen-bond donors (Lipinski definition) is 1. The number of hydrogen-bond acceptors (Lipinski definition) is 3. The maximum absolute atomic E-state index is 10.5. The van der Waals surface area contributed by atoms with Gasteiger partial charge in [0.1, 0.15) is 0 Å². The van der Waals surface area contributed by atoms with Crippen molar-refractivity contribution in [3.05, 3.63) is 36.4 Å². The Morgan fingerprint density at radius 3 is 2.67 bits per heavy atom. The maximum Gasteiger partial charge on any atom is 0.409 e. The molecular formula is C11H7ClO3. The van der Waals surface area contributed by atoms with Crippen molar-refractivity contribution in [1.29, 1.82) is 0 Å². The summed E-state index contributed by atoms with van der Waals surface area (Å²) in [5, 5.41) is 11.2. The summed E-state index contributed by atoms with van der Waals surface area (Å²) in [4.78, 5) is 10.5. The van der Waals surface area contributed by atoms with E-state index in [1.807, 2.05) is 12.1 Å². The minimum atomic E-state index is -0.972. The Morgan fingerprint density at radius 1 is 1.20 bits per heavy atom. The summed E-state index contributed by atoms with van der Waals surface area (Å²) in [6, 6.07) is 10.5. The van der Waals surface area contributed by atoms with Gasteiger partial charge in [-0.25, -0.2) is 4.79 Å². The van der Waals surface area contributed by atoms with E-state index >= 15 is 0 Å². The van der Waals surface area contributed by atoms with E-state index in [0.29, 0.717) is 5.39 Å². The maximum atomic E-state index is 10.5. The van der Waals surface area contributed by atoms with E-state index in [9.17, 15) is 9.90 Å². The number of phenols is 1. The summed E-state index contributed by atoms with van der Waals surface area (Å²) in [5.41, 5.74) is -0.972. The fourth-order valence-corrected chi connectivity index (χ4v) is 1.49. The van der Waals surface area contributed by atoms with Crippen LogP contribution in [0.15, 0.2) is 36.4 Å². The molecule has 3 nitrogen and oxygen atoms in total. The zero-order chi connectivity index (χ0) is 10.8. The predicted molar refractivity (Wildman–Crippen MR) is 57.5 cm³/mol. The van der Waals surface area contributed by atoms with Gasteiger partial charge in [0.05, 0.1) is 0 Å². The number of carbonyl (C=O) groups excluding carboxylic acids is 1. The van der Waals surface area contributed by atoms with Crippen molar-refractivity contribution < 1.29 is 14.6 Å². The molecule has 0 amide bonds. The molecule has 0 aliphatic carbocycles. The molecular weight excluding hydrogens is 216 g/mol. The molecule has 0 saturated carbocycles. The molecule has 2 rings (SSSR count). The van der Waals surface area contributed by atoms with Crippen molar-refractivity contribution >= 4 is 27.8 Å². The molecule has 0 spiro atoms. The van der Waals surface area contributed by atoms with E-state index in [-0.39, 0.29) is 11.5 Å². The summed E-state index contributed by atoms with van der Waals surface area (Å²) in [6.07, 6.45) is 0. The molecule has 0 saturated heterocycles. The molecule has 0 atom stereocenters. The smallest absolute Gasteiger partial charge is 0.409 e. The van der Waals surface area contributed by atoms with Crippen LogP contribution in [0.3, 0.4) is 0 Å². The Balaban J connectivity index is 2.59. The molecule has 0 radical (unpaired) electrons. The van der Waals surface area contributed by atoms with Crippen LogP contribution in [0, 0.1) is 0 Å². The minimum absolute atomic E-state index is 0.0636. The first-order valence-electron chi connectivity index (χ1n) is 4.26. The van der Waals surface area contributed by atoms with Crippen molar-refractivity contribution in [3.8, 4) is 11.5 Å². The Kier molecular flexibility index (Phi) is 2.47. The second kappa shape index (κ2) is 3.79. The van der Waals surface area contributed by atoms with Crippen molar-refractivity contribution in [2.24, 2.45) is 0 Å². The number of benzene rings is 2. The monoisotopic (exact) mass is 222 g/mol. The lowest BCUT2D eigenvalue weighted by Crippen LogP contribution is -1.96. The van der Waals surface area contributed by atoms with Crippen molar-refractivity contribution in [2.45, 2.75) is 0 Å². The Bertz CT molecular complexity index is 522. The fraction of sp³-hybridized carbons (Fsp3) is 0. The number of phenolic OH excluding ortho intramolecular Hbond substituents is 1. The van der Waals surface area contributed by atoms with Crippen LogP contribution in [-0.4, -0.2) is 10.5 Å². The van der Waals surface area contributed by atoms with Gasteiger partial charge in [-0.05, 0) is 11.5 Å². The highest BCUT2D eigenvalue weighted by atomic mass is 35.5. The number of rotatable bonds is 1. The number of fused-ring (bicyclic) bond motifs is 1. The Hall–Kier alpha value is -1.74. The normalized spacial score (nSPS) is 10.2. The quantitative estimate of drug-likeness (QED) is 0.754. The first kappa shape index (κ1) is 9.80. The standard InChI is InChI=1S/C11H7ClO3/c12-11(14)15-9-6-5-7-3-1-2-4-8(7)10(9)13/h1-6,13H. The zero-order valence-electron chi connectivity index (χ0n) is 7.61. The molecule has 15 heavy (non-hydrogen) atoms. The van der Waals surface area contributed by atoms with Crippen molar-refractivity contribution in [3.63, 3.8) is 0 Å². The lowest BCUT2D eigenvalue weighted by molar-refractivity contribution is 0.224. The largest absolute Gasteiger partial charge is 0.504 e. The minimum Gasteiger partial charge on any atom is -0.504 e. The third-order valence-corrected chi connectivity index (χ3v) is 2.13. The van der Waals surface area contributed by atoms with Gasteiger partial charge in [0.25, 0.3) is 0 Å². The van der Waals surface area contributed by atoms with Gasteiger partial charge < -0.3 is 9.84 Å². The molecule has 1 N–H and O–H groups in total. The second-order valence-corrected chi connectivity index (χ2v) is 3.28. The van der Waals surface area contributed by atoms with Gasteiger partial charge in [-0.1, -0.05) is 30.3 Å². The third-order valence-electron chi connectivity index (χ3n) is 2.05. The first-order valence-corrected chi connectivity index (χ1v) is 4.64. The van der Waals surface area contributed by atoms with Gasteiger partial charge in [-0.3, -0.25) is 0 Å². The lowest BCUT2D eigenvalue weighted by atomic mass is 10.1. The van der Waals surface area contributed by atoms with Crippen molar-refractivity contribution in [2.75, 3.05) is 0 Å². The molecule has 0 heterocycles. The van der Waals surface area contributed by atoms with E-state index < -0.39 is 5.43 Å². The molecule has 0 unspecified atom stereocenters. The third kappa shape index (κ3) is 1.87. The van der Waals surface area contributed by atoms with Gasteiger partial charge in [0, 0.05) is 17.0 Å². The highest BCUT2D eigenvalue weighted by Gasteiger charge is 2.09. The number of halogens is 1. The van der Waals surface area contributed by atoms with Gasteiger partial charge in [0.15, 0.2) is 11.5 Å². The van der Waals surface area contributed by atoms with E-state index in [1.54, 1.807) is 18.2 Å². The van der Waals surface area contributed by atoms with E-state index in [1.165, 1.54) is 6.07 Å². The molecule has 0 aromatic heterocycles. The molecule has 0 aliphatic rings. The van der Waals surface area contributed by atoms with Crippen LogP contribution in [-0.2, 0) is 0 Å². The van der Waals surface area contributed by atoms with Crippen molar-refractivity contribution in [1.82, 2.24) is 0 Å².